The van der Waals surface area contributed by atoms with Crippen LogP contribution < -0.4 is 11.1 Å². The summed E-state index contributed by atoms with van der Waals surface area (Å²) < 4.78 is 6.76. The molecule has 0 saturated carbocycles. The van der Waals surface area contributed by atoms with E-state index < -0.39 is 0 Å². The predicted molar refractivity (Wildman–Crippen MR) is 76.1 cm³/mol. The van der Waals surface area contributed by atoms with E-state index in [4.69, 9.17) is 10.5 Å². The fourth-order valence-corrected chi connectivity index (χ4v) is 3.06. The van der Waals surface area contributed by atoms with Gasteiger partial charge in [0, 0.05) is 6.61 Å². The molecular formula is C13H17N3OS. The molecule has 5 heteroatoms. The minimum atomic E-state index is -0.0577. The largest absolute Gasteiger partial charge is 0.395 e. The Labute approximate surface area is 110 Å². The van der Waals surface area contributed by atoms with Gasteiger partial charge in [-0.3, -0.25) is 0 Å². The van der Waals surface area contributed by atoms with Gasteiger partial charge < -0.3 is 15.8 Å². The third kappa shape index (κ3) is 1.74. The maximum atomic E-state index is 6.19. The summed E-state index contributed by atoms with van der Waals surface area (Å²) in [6.45, 7) is 5.07. The molecule has 0 aliphatic carbocycles. The molecule has 1 aliphatic heterocycles. The van der Waals surface area contributed by atoms with Crippen molar-refractivity contribution < 1.29 is 4.74 Å². The lowest BCUT2D eigenvalue weighted by atomic mass is 9.94. The number of nitrogens with one attached hydrogen (secondary N) is 1. The van der Waals surface area contributed by atoms with E-state index in [2.05, 4.69) is 30.2 Å². The molecule has 1 aromatic heterocycles. The van der Waals surface area contributed by atoms with Gasteiger partial charge in [0.05, 0.1) is 33.2 Å². The number of ether oxygens (including phenoxy) is 1. The second kappa shape index (κ2) is 4.10. The van der Waals surface area contributed by atoms with E-state index in [0.29, 0.717) is 0 Å². The van der Waals surface area contributed by atoms with E-state index in [1.54, 1.807) is 11.3 Å². The fraction of sp³-hybridized carbons (Fsp3) is 0.462. The Hall–Kier alpha value is -1.33. The number of anilines is 2. The highest BCUT2D eigenvalue weighted by Crippen LogP contribution is 2.35. The smallest absolute Gasteiger partial charge is 0.106 e. The lowest BCUT2D eigenvalue weighted by molar-refractivity contribution is 0.105. The minimum absolute atomic E-state index is 0.0577. The van der Waals surface area contributed by atoms with Crippen molar-refractivity contribution in [1.82, 2.24) is 4.98 Å². The van der Waals surface area contributed by atoms with Gasteiger partial charge in [0.25, 0.3) is 0 Å². The van der Waals surface area contributed by atoms with Gasteiger partial charge in [-0.15, -0.1) is 11.3 Å². The van der Waals surface area contributed by atoms with E-state index in [0.717, 1.165) is 34.6 Å². The van der Waals surface area contributed by atoms with Gasteiger partial charge in [-0.2, -0.15) is 0 Å². The average Bonchev–Trinajstić information content (AvgIpc) is 2.92. The van der Waals surface area contributed by atoms with Crippen LogP contribution in [0.1, 0.15) is 20.3 Å². The van der Waals surface area contributed by atoms with Crippen molar-refractivity contribution in [2.24, 2.45) is 0 Å². The predicted octanol–water partition coefficient (Wildman–Crippen LogP) is 2.86. The number of nitrogens with zero attached hydrogens (tertiary/aromatic N) is 1. The van der Waals surface area contributed by atoms with Crippen molar-refractivity contribution in [1.29, 1.82) is 0 Å². The van der Waals surface area contributed by atoms with Gasteiger partial charge in [-0.1, -0.05) is 0 Å². The molecule has 0 amide bonds. The first-order valence-electron chi connectivity index (χ1n) is 6.11. The second-order valence-corrected chi connectivity index (χ2v) is 5.92. The summed E-state index contributed by atoms with van der Waals surface area (Å²) in [6, 6.07) is 4.10. The topological polar surface area (TPSA) is 60.2 Å². The summed E-state index contributed by atoms with van der Waals surface area (Å²) in [5, 5.41) is 3.53. The Morgan fingerprint density at radius 2 is 2.39 bits per heavy atom. The maximum Gasteiger partial charge on any atom is 0.106 e. The lowest BCUT2D eigenvalue weighted by Gasteiger charge is -2.30. The number of rotatable bonds is 2. The van der Waals surface area contributed by atoms with Crippen molar-refractivity contribution in [2.75, 3.05) is 17.7 Å². The highest BCUT2D eigenvalue weighted by molar-refractivity contribution is 7.16. The van der Waals surface area contributed by atoms with Gasteiger partial charge in [-0.05, 0) is 32.4 Å². The first-order valence-corrected chi connectivity index (χ1v) is 6.99. The van der Waals surface area contributed by atoms with Gasteiger partial charge in [0.15, 0.2) is 0 Å². The zero-order chi connectivity index (χ0) is 12.8. The van der Waals surface area contributed by atoms with Crippen LogP contribution in [0.3, 0.4) is 0 Å². The SMILES string of the molecule is CC1OCCC1(C)Nc1ccc2scnc2c1N. The molecule has 96 valence electrons. The highest BCUT2D eigenvalue weighted by Gasteiger charge is 2.37. The van der Waals surface area contributed by atoms with E-state index in [1.165, 1.54) is 0 Å². The molecule has 1 saturated heterocycles. The normalized spacial score (nSPS) is 27.8. The number of thiazole rings is 1. The van der Waals surface area contributed by atoms with Crippen molar-refractivity contribution in [3.8, 4) is 0 Å². The summed E-state index contributed by atoms with van der Waals surface area (Å²) in [5.41, 5.74) is 10.5. The Morgan fingerprint density at radius 3 is 3.11 bits per heavy atom. The number of aromatic nitrogens is 1. The van der Waals surface area contributed by atoms with E-state index in [9.17, 15) is 0 Å². The Bertz CT molecular complexity index is 583. The number of hydrogen-bond acceptors (Lipinski definition) is 5. The summed E-state index contributed by atoms with van der Waals surface area (Å²) >= 11 is 1.61. The number of nitrogens with two attached hydrogens (primary N) is 1. The van der Waals surface area contributed by atoms with Gasteiger partial charge in [0.1, 0.15) is 5.52 Å². The molecule has 1 aliphatic rings. The van der Waals surface area contributed by atoms with Crippen molar-refractivity contribution in [3.05, 3.63) is 17.6 Å². The molecule has 3 rings (SSSR count). The van der Waals surface area contributed by atoms with Crippen LogP contribution in [-0.2, 0) is 4.74 Å². The first kappa shape index (κ1) is 11.7. The van der Waals surface area contributed by atoms with Crippen LogP contribution in [0.25, 0.3) is 10.2 Å². The average molecular weight is 263 g/mol. The zero-order valence-electron chi connectivity index (χ0n) is 10.6. The Balaban J connectivity index is 1.97. The molecule has 3 N–H and O–H groups in total. The van der Waals surface area contributed by atoms with Crippen LogP contribution in [0.4, 0.5) is 11.4 Å². The maximum absolute atomic E-state index is 6.19. The molecule has 1 fully saturated rings. The molecule has 2 aromatic rings. The molecule has 0 radical (unpaired) electrons. The zero-order valence-corrected chi connectivity index (χ0v) is 11.4. The molecule has 18 heavy (non-hydrogen) atoms. The second-order valence-electron chi connectivity index (χ2n) is 5.03. The lowest BCUT2D eigenvalue weighted by Crippen LogP contribution is -2.41. The molecule has 0 spiro atoms. The van der Waals surface area contributed by atoms with Crippen molar-refractivity contribution in [2.45, 2.75) is 31.9 Å². The van der Waals surface area contributed by atoms with Gasteiger partial charge >= 0.3 is 0 Å². The summed E-state index contributed by atoms with van der Waals surface area (Å²) in [5.74, 6) is 0. The highest BCUT2D eigenvalue weighted by atomic mass is 32.1. The van der Waals surface area contributed by atoms with E-state index in [1.807, 2.05) is 11.6 Å². The van der Waals surface area contributed by atoms with Crippen LogP contribution in [-0.4, -0.2) is 23.2 Å². The van der Waals surface area contributed by atoms with E-state index >= 15 is 0 Å². The molecule has 0 bridgehead atoms. The fourth-order valence-electron chi connectivity index (χ4n) is 2.37. The standard InChI is InChI=1S/C13H17N3OS/c1-8-13(2,5-6-17-8)16-9-3-4-10-12(11(9)14)15-7-18-10/h3-4,7-8,16H,5-6,14H2,1-2H3. The number of fused-ring (bicyclic) bond motifs is 1. The summed E-state index contributed by atoms with van der Waals surface area (Å²) in [4.78, 5) is 4.32. The Kier molecular flexibility index (Phi) is 2.68. The number of benzene rings is 1. The number of nitrogen functional groups attached to an aromatic ring is 1. The van der Waals surface area contributed by atoms with E-state index in [-0.39, 0.29) is 11.6 Å². The van der Waals surface area contributed by atoms with Crippen LogP contribution in [0.15, 0.2) is 17.6 Å². The quantitative estimate of drug-likeness (QED) is 0.818. The minimum Gasteiger partial charge on any atom is -0.395 e. The molecule has 1 aromatic carbocycles. The van der Waals surface area contributed by atoms with Gasteiger partial charge in [0.2, 0.25) is 0 Å². The third-order valence-corrected chi connectivity index (χ3v) is 4.64. The molecule has 2 atom stereocenters. The van der Waals surface area contributed by atoms with Crippen LogP contribution in [0.2, 0.25) is 0 Å². The van der Waals surface area contributed by atoms with Gasteiger partial charge in [-0.25, -0.2) is 4.98 Å². The third-order valence-electron chi connectivity index (χ3n) is 3.85. The molecule has 2 unspecified atom stereocenters. The molecule has 2 heterocycles. The van der Waals surface area contributed by atoms with Crippen LogP contribution >= 0.6 is 11.3 Å². The van der Waals surface area contributed by atoms with Crippen LogP contribution in [0, 0.1) is 0 Å². The first-order chi connectivity index (χ1) is 8.60. The molecule has 4 nitrogen and oxygen atoms in total. The van der Waals surface area contributed by atoms with Crippen molar-refractivity contribution in [3.63, 3.8) is 0 Å². The summed E-state index contributed by atoms with van der Waals surface area (Å²) in [7, 11) is 0. The summed E-state index contributed by atoms with van der Waals surface area (Å²) in [6.07, 6.45) is 1.17. The van der Waals surface area contributed by atoms with Crippen molar-refractivity contribution >= 4 is 32.9 Å². The number of hydrogen-bond donors (Lipinski definition) is 2. The monoisotopic (exact) mass is 263 g/mol. The van der Waals surface area contributed by atoms with Crippen LogP contribution in [0.5, 0.6) is 0 Å². The Morgan fingerprint density at radius 1 is 1.56 bits per heavy atom. The molecular weight excluding hydrogens is 246 g/mol.